The molecule has 14 heavy (non-hydrogen) atoms. The Labute approximate surface area is 85.9 Å². The van der Waals surface area contributed by atoms with Crippen LogP contribution in [-0.4, -0.2) is 4.98 Å². The minimum atomic E-state index is 1.18. The molecule has 0 spiro atoms. The van der Waals surface area contributed by atoms with Gasteiger partial charge in [0, 0.05) is 6.20 Å². The summed E-state index contributed by atoms with van der Waals surface area (Å²) in [7, 11) is 0. The topological polar surface area (TPSA) is 12.9 Å². The van der Waals surface area contributed by atoms with Crippen LogP contribution in [-0.2, 0) is 0 Å². The standard InChI is InChI=1S/C13H17N/c1-2-4-8-12(9-5-3-1)13-10-6-7-11-14-13/h6-8,10-11H,1-5,9H2/b12-8+. The van der Waals surface area contributed by atoms with E-state index >= 15 is 0 Å². The first-order chi connectivity index (χ1) is 6.97. The second-order valence-corrected chi connectivity index (χ2v) is 3.90. The van der Waals surface area contributed by atoms with Crippen LogP contribution in [0.5, 0.6) is 0 Å². The maximum absolute atomic E-state index is 4.41. The molecule has 0 N–H and O–H groups in total. The quantitative estimate of drug-likeness (QED) is 0.651. The van der Waals surface area contributed by atoms with Crippen LogP contribution in [0.15, 0.2) is 30.5 Å². The van der Waals surface area contributed by atoms with Crippen LogP contribution < -0.4 is 0 Å². The number of hydrogen-bond acceptors (Lipinski definition) is 1. The first-order valence-electron chi connectivity index (χ1n) is 5.57. The first-order valence-corrected chi connectivity index (χ1v) is 5.57. The third kappa shape index (κ3) is 2.44. The number of pyridine rings is 1. The lowest BCUT2D eigenvalue weighted by Crippen LogP contribution is -1.92. The van der Waals surface area contributed by atoms with Gasteiger partial charge in [0.2, 0.25) is 0 Å². The highest BCUT2D eigenvalue weighted by Gasteiger charge is 2.04. The largest absolute Gasteiger partial charge is 0.257 e. The Bertz CT molecular complexity index is 300. The molecule has 74 valence electrons. The van der Waals surface area contributed by atoms with Crippen molar-refractivity contribution in [3.05, 3.63) is 36.2 Å². The Balaban J connectivity index is 2.15. The molecule has 0 atom stereocenters. The van der Waals surface area contributed by atoms with Crippen LogP contribution in [0.4, 0.5) is 0 Å². The second kappa shape index (κ2) is 4.94. The monoisotopic (exact) mass is 187 g/mol. The number of allylic oxidation sites excluding steroid dienone is 2. The number of rotatable bonds is 1. The Morgan fingerprint density at radius 2 is 1.93 bits per heavy atom. The van der Waals surface area contributed by atoms with Crippen molar-refractivity contribution < 1.29 is 0 Å². The van der Waals surface area contributed by atoms with E-state index in [4.69, 9.17) is 0 Å². The first kappa shape index (κ1) is 9.45. The maximum Gasteiger partial charge on any atom is 0.0658 e. The van der Waals surface area contributed by atoms with Crippen molar-refractivity contribution in [2.24, 2.45) is 0 Å². The Kier molecular flexibility index (Phi) is 3.33. The van der Waals surface area contributed by atoms with E-state index < -0.39 is 0 Å². The molecule has 0 bridgehead atoms. The van der Waals surface area contributed by atoms with E-state index in [0.29, 0.717) is 0 Å². The van der Waals surface area contributed by atoms with Gasteiger partial charge in [0.15, 0.2) is 0 Å². The smallest absolute Gasteiger partial charge is 0.0658 e. The van der Waals surface area contributed by atoms with E-state index in [1.54, 1.807) is 0 Å². The third-order valence-corrected chi connectivity index (χ3v) is 2.78. The fourth-order valence-corrected chi connectivity index (χ4v) is 1.98. The number of aromatic nitrogens is 1. The van der Waals surface area contributed by atoms with Crippen LogP contribution in [0.2, 0.25) is 0 Å². The minimum absolute atomic E-state index is 1.18. The summed E-state index contributed by atoms with van der Waals surface area (Å²) in [6.45, 7) is 0. The lowest BCUT2D eigenvalue weighted by atomic mass is 9.98. The van der Waals surface area contributed by atoms with Gasteiger partial charge in [-0.05, 0) is 43.4 Å². The zero-order valence-electron chi connectivity index (χ0n) is 8.58. The summed E-state index contributed by atoms with van der Waals surface area (Å²) < 4.78 is 0. The average molecular weight is 187 g/mol. The summed E-state index contributed by atoms with van der Waals surface area (Å²) in [6, 6.07) is 6.17. The van der Waals surface area contributed by atoms with E-state index in [1.165, 1.54) is 49.8 Å². The van der Waals surface area contributed by atoms with E-state index in [-0.39, 0.29) is 0 Å². The molecule has 0 aliphatic heterocycles. The molecule has 1 aromatic rings. The fourth-order valence-electron chi connectivity index (χ4n) is 1.98. The molecule has 1 aliphatic rings. The third-order valence-electron chi connectivity index (χ3n) is 2.78. The second-order valence-electron chi connectivity index (χ2n) is 3.90. The molecule has 0 fully saturated rings. The Morgan fingerprint density at radius 1 is 1.00 bits per heavy atom. The molecule has 1 heteroatoms. The number of hydrogen-bond donors (Lipinski definition) is 0. The molecule has 1 nitrogen and oxygen atoms in total. The highest BCUT2D eigenvalue weighted by atomic mass is 14.7. The van der Waals surface area contributed by atoms with Crippen molar-refractivity contribution in [3.8, 4) is 0 Å². The Morgan fingerprint density at radius 3 is 2.79 bits per heavy atom. The molecule has 0 radical (unpaired) electrons. The molecule has 0 saturated carbocycles. The van der Waals surface area contributed by atoms with Crippen LogP contribution in [0.25, 0.3) is 5.57 Å². The summed E-state index contributed by atoms with van der Waals surface area (Å²) in [5.74, 6) is 0. The van der Waals surface area contributed by atoms with Gasteiger partial charge in [-0.2, -0.15) is 0 Å². The molecule has 1 aliphatic carbocycles. The molecular formula is C13H17N. The van der Waals surface area contributed by atoms with Gasteiger partial charge in [-0.3, -0.25) is 4.98 Å². The highest BCUT2D eigenvalue weighted by Crippen LogP contribution is 2.23. The molecular weight excluding hydrogens is 170 g/mol. The van der Waals surface area contributed by atoms with Gasteiger partial charge >= 0.3 is 0 Å². The van der Waals surface area contributed by atoms with Crippen molar-refractivity contribution in [1.29, 1.82) is 0 Å². The summed E-state index contributed by atoms with van der Waals surface area (Å²) in [6.07, 6.45) is 12.1. The predicted molar refractivity (Wildman–Crippen MR) is 59.9 cm³/mol. The molecule has 0 unspecified atom stereocenters. The fraction of sp³-hybridized carbons (Fsp3) is 0.462. The highest BCUT2D eigenvalue weighted by molar-refractivity contribution is 5.62. The van der Waals surface area contributed by atoms with Crippen LogP contribution in [0.1, 0.15) is 44.2 Å². The molecule has 1 aromatic heterocycles. The lowest BCUT2D eigenvalue weighted by Gasteiger charge is -2.10. The maximum atomic E-state index is 4.41. The summed E-state index contributed by atoms with van der Waals surface area (Å²) in [5.41, 5.74) is 2.62. The zero-order valence-corrected chi connectivity index (χ0v) is 8.58. The SMILES string of the molecule is C1=C(/c2ccccn2)CCCCCC/1. The van der Waals surface area contributed by atoms with Crippen molar-refractivity contribution >= 4 is 5.57 Å². The number of nitrogens with zero attached hydrogens (tertiary/aromatic N) is 1. The zero-order chi connectivity index (χ0) is 9.64. The normalized spacial score (nSPS) is 21.9. The van der Waals surface area contributed by atoms with E-state index in [1.807, 2.05) is 12.3 Å². The molecule has 0 aromatic carbocycles. The van der Waals surface area contributed by atoms with E-state index in [2.05, 4.69) is 23.2 Å². The van der Waals surface area contributed by atoms with Crippen molar-refractivity contribution in [1.82, 2.24) is 4.98 Å². The van der Waals surface area contributed by atoms with Crippen LogP contribution in [0, 0.1) is 0 Å². The minimum Gasteiger partial charge on any atom is -0.257 e. The lowest BCUT2D eigenvalue weighted by molar-refractivity contribution is 0.643. The van der Waals surface area contributed by atoms with Crippen molar-refractivity contribution in [2.45, 2.75) is 38.5 Å². The van der Waals surface area contributed by atoms with Gasteiger partial charge in [-0.1, -0.05) is 25.0 Å². The molecule has 1 heterocycles. The van der Waals surface area contributed by atoms with Gasteiger partial charge in [0.1, 0.15) is 0 Å². The van der Waals surface area contributed by atoms with Gasteiger partial charge in [0.05, 0.1) is 5.69 Å². The molecule has 0 amide bonds. The van der Waals surface area contributed by atoms with Crippen molar-refractivity contribution in [2.75, 3.05) is 0 Å². The van der Waals surface area contributed by atoms with Crippen LogP contribution >= 0.6 is 0 Å². The van der Waals surface area contributed by atoms with Gasteiger partial charge in [-0.25, -0.2) is 0 Å². The predicted octanol–water partition coefficient (Wildman–Crippen LogP) is 3.82. The average Bonchev–Trinajstić information content (AvgIpc) is 2.18. The van der Waals surface area contributed by atoms with Gasteiger partial charge in [0.25, 0.3) is 0 Å². The summed E-state index contributed by atoms with van der Waals surface area (Å²) in [4.78, 5) is 4.41. The van der Waals surface area contributed by atoms with Crippen LogP contribution in [0.3, 0.4) is 0 Å². The van der Waals surface area contributed by atoms with Gasteiger partial charge < -0.3 is 0 Å². The molecule has 2 rings (SSSR count). The summed E-state index contributed by atoms with van der Waals surface area (Å²) in [5, 5.41) is 0. The summed E-state index contributed by atoms with van der Waals surface area (Å²) >= 11 is 0. The van der Waals surface area contributed by atoms with Crippen molar-refractivity contribution in [3.63, 3.8) is 0 Å². The molecule has 0 saturated heterocycles. The van der Waals surface area contributed by atoms with E-state index in [0.717, 1.165) is 0 Å². The van der Waals surface area contributed by atoms with E-state index in [9.17, 15) is 0 Å². The Hall–Kier alpha value is -1.11. The van der Waals surface area contributed by atoms with Gasteiger partial charge in [-0.15, -0.1) is 0 Å².